The molecule has 0 amide bonds. The minimum Gasteiger partial charge on any atom is -0.480 e. The van der Waals surface area contributed by atoms with Crippen LogP contribution in [0.5, 0.6) is 23.5 Å². The molecule has 22 heteroatoms. The Morgan fingerprint density at radius 3 is 1.69 bits per heavy atom. The molecule has 0 bridgehead atoms. The van der Waals surface area contributed by atoms with E-state index in [1.165, 1.54) is 20.0 Å². The van der Waals surface area contributed by atoms with Crippen LogP contribution < -0.4 is 34.9 Å². The van der Waals surface area contributed by atoms with Gasteiger partial charge in [0.05, 0.1) is 49.0 Å². The van der Waals surface area contributed by atoms with E-state index in [-0.39, 0.29) is 63.0 Å². The topological polar surface area (TPSA) is 267 Å². The van der Waals surface area contributed by atoms with Gasteiger partial charge < -0.3 is 55.1 Å². The zero-order valence-corrected chi connectivity index (χ0v) is 42.5. The van der Waals surface area contributed by atoms with Gasteiger partial charge in [-0.2, -0.15) is 15.2 Å². The number of carbonyl (C=O) groups is 1. The monoisotopic (exact) mass is 1120 g/mol. The van der Waals surface area contributed by atoms with Gasteiger partial charge in [0.15, 0.2) is 6.29 Å². The van der Waals surface area contributed by atoms with Crippen molar-refractivity contribution in [2.45, 2.75) is 70.7 Å². The van der Waals surface area contributed by atoms with Gasteiger partial charge >= 0.3 is 5.97 Å². The third-order valence-electron chi connectivity index (χ3n) is 10.9. The molecule has 0 aliphatic carbocycles. The summed E-state index contributed by atoms with van der Waals surface area (Å²) >= 11 is 21.2. The van der Waals surface area contributed by atoms with E-state index >= 15 is 0 Å². The van der Waals surface area contributed by atoms with E-state index in [1.807, 2.05) is 36.4 Å². The molecule has 18 nitrogen and oxygen atoms in total. The predicted octanol–water partition coefficient (Wildman–Crippen LogP) is 7.07. The van der Waals surface area contributed by atoms with E-state index < -0.39 is 36.6 Å². The van der Waals surface area contributed by atoms with Crippen LogP contribution in [0.1, 0.15) is 52.8 Å². The molecule has 8 N–H and O–H groups in total. The van der Waals surface area contributed by atoms with E-state index in [2.05, 4.69) is 67.7 Å². The summed E-state index contributed by atoms with van der Waals surface area (Å²) in [6.45, 7) is 1.57. The van der Waals surface area contributed by atoms with Crippen LogP contribution in [0, 0.1) is 11.3 Å². The van der Waals surface area contributed by atoms with Gasteiger partial charge in [-0.05, 0) is 70.0 Å². The number of pyridine rings is 4. The Morgan fingerprint density at radius 1 is 0.714 bits per heavy atom. The summed E-state index contributed by atoms with van der Waals surface area (Å²) in [6.07, 6.45) is 4.44. The van der Waals surface area contributed by atoms with Gasteiger partial charge in [-0.25, -0.2) is 0 Å². The Morgan fingerprint density at radius 2 is 1.21 bits per heavy atom. The minimum absolute atomic E-state index is 0.0193. The molecule has 4 heterocycles. The van der Waals surface area contributed by atoms with E-state index in [4.69, 9.17) is 42.1 Å². The number of ether oxygens (including phenoxy) is 4. The zero-order valence-electron chi connectivity index (χ0n) is 37.8. The number of aliphatic hydroxyl groups excluding tert-OH is 3. The highest BCUT2D eigenvalue weighted by Crippen LogP contribution is 2.39. The summed E-state index contributed by atoms with van der Waals surface area (Å²) in [5.74, 6) is -0.660. The van der Waals surface area contributed by atoms with Crippen LogP contribution in [0.3, 0.4) is 0 Å². The van der Waals surface area contributed by atoms with E-state index in [0.29, 0.717) is 63.5 Å². The first-order chi connectivity index (χ1) is 33.5. The second-order valence-corrected chi connectivity index (χ2v) is 18.6. The third kappa shape index (κ3) is 13.4. The van der Waals surface area contributed by atoms with Gasteiger partial charge in [-0.15, -0.1) is 0 Å². The zero-order chi connectivity index (χ0) is 50.6. The third-order valence-corrected chi connectivity index (χ3v) is 13.0. The molecule has 70 heavy (non-hydrogen) atoms. The average Bonchev–Trinajstić information content (AvgIpc) is 3.36. The van der Waals surface area contributed by atoms with Crippen LogP contribution in [0.25, 0.3) is 11.1 Å². The van der Waals surface area contributed by atoms with Crippen molar-refractivity contribution in [2.24, 2.45) is 0 Å². The summed E-state index contributed by atoms with van der Waals surface area (Å²) in [5, 5.41) is 68.2. The molecule has 368 valence electrons. The molecule has 2 aromatic carbocycles. The first kappa shape index (κ1) is 53.6. The lowest BCUT2D eigenvalue weighted by atomic mass is 10.0. The molecule has 0 radical (unpaired) electrons. The van der Waals surface area contributed by atoms with Crippen LogP contribution in [-0.4, -0.2) is 89.1 Å². The smallest absolute Gasteiger partial charge is 0.326 e. The average molecular weight is 1130 g/mol. The first-order valence-electron chi connectivity index (χ1n) is 21.2. The quantitative estimate of drug-likeness (QED) is 0.0282. The highest BCUT2D eigenvalue weighted by atomic mass is 79.9. The van der Waals surface area contributed by atoms with Gasteiger partial charge in [0.25, 0.3) is 0 Å². The largest absolute Gasteiger partial charge is 0.480 e. The number of benzene rings is 2. The SMILES string of the molecule is CNc1cncc(COc2nc(OCc3cccc(-c4cccc(COc5nc(OCc6cncc(C#N)c6)c(CNC(C)(CO)C(=O)O)cc5Br)c4Cl)c3Cl)c(Br)cc2CNC(C)(CO)C(O)O)c1. The molecule has 0 spiro atoms. The number of aromatic nitrogens is 4. The maximum atomic E-state index is 11.9. The van der Waals surface area contributed by atoms with E-state index in [9.17, 15) is 35.6 Å². The van der Waals surface area contributed by atoms with Crippen LogP contribution in [-0.2, 0) is 44.3 Å². The van der Waals surface area contributed by atoms with Crippen molar-refractivity contribution >= 4 is 66.7 Å². The minimum atomic E-state index is -1.86. The number of nitrogens with zero attached hydrogens (tertiary/aromatic N) is 5. The van der Waals surface area contributed by atoms with Crippen LogP contribution in [0.4, 0.5) is 5.69 Å². The van der Waals surface area contributed by atoms with Crippen molar-refractivity contribution in [1.82, 2.24) is 30.6 Å². The number of anilines is 1. The molecule has 0 aliphatic heterocycles. The number of aliphatic hydroxyl groups is 4. The standard InChI is InChI=1S/C48H48Br2Cl2N8O10/c1-47(25-61,45(63)64)57-18-32-12-37(49)43(59-41(32)67-21-28-10-27(14-53)15-55-16-28)69-23-30-6-4-8-35(39(30)51)36-9-5-7-31(40(36)52)24-70-44-38(50)13-33(19-58-48(2,26-62)46(65)66)42(60-44)68-22-29-11-34(54-3)20-56-17-29/h4-13,15-17,20,46,54,57-58,61-62,65-66H,18-19,21-26H2,1-3H3,(H,63,64). The molecule has 0 aliphatic rings. The predicted molar refractivity (Wildman–Crippen MR) is 266 cm³/mol. The Balaban J connectivity index is 1.21. The van der Waals surface area contributed by atoms with Gasteiger partial charge in [0, 0.05) is 89.4 Å². The fourth-order valence-corrected chi connectivity index (χ4v) is 7.96. The van der Waals surface area contributed by atoms with Crippen molar-refractivity contribution in [1.29, 1.82) is 5.26 Å². The molecule has 2 atom stereocenters. The number of aliphatic carboxylic acids is 1. The number of nitriles is 1. The molecule has 0 saturated carbocycles. The van der Waals surface area contributed by atoms with Crippen LogP contribution in [0.2, 0.25) is 10.0 Å². The number of carboxylic acid groups (broad SMARTS) is 1. The van der Waals surface area contributed by atoms with Crippen molar-refractivity contribution in [3.63, 3.8) is 0 Å². The summed E-state index contributed by atoms with van der Waals surface area (Å²) in [5.41, 5.74) is 2.77. The summed E-state index contributed by atoms with van der Waals surface area (Å²) in [4.78, 5) is 29.5. The number of rotatable bonds is 24. The highest BCUT2D eigenvalue weighted by Gasteiger charge is 2.33. The van der Waals surface area contributed by atoms with Crippen LogP contribution >= 0.6 is 55.1 Å². The molecule has 2 unspecified atom stereocenters. The lowest BCUT2D eigenvalue weighted by Crippen LogP contribution is -2.54. The first-order valence-corrected chi connectivity index (χ1v) is 23.6. The number of halogens is 4. The molecule has 4 aromatic heterocycles. The van der Waals surface area contributed by atoms with Gasteiger partial charge in [-0.1, -0.05) is 59.6 Å². The van der Waals surface area contributed by atoms with E-state index in [0.717, 1.165) is 11.3 Å². The normalized spacial score (nSPS) is 13.0. The highest BCUT2D eigenvalue weighted by molar-refractivity contribution is 9.10. The fraction of sp³-hybridized carbons (Fsp3) is 0.292. The van der Waals surface area contributed by atoms with Crippen molar-refractivity contribution in [2.75, 3.05) is 25.6 Å². The molecular formula is C48H48Br2Cl2N8O10. The Labute approximate surface area is 429 Å². The Kier molecular flexibility index (Phi) is 18.7. The lowest BCUT2D eigenvalue weighted by molar-refractivity contribution is -0.145. The summed E-state index contributed by atoms with van der Waals surface area (Å²) < 4.78 is 25.6. The molecular weight excluding hydrogens is 1080 g/mol. The molecule has 0 fully saturated rings. The van der Waals surface area contributed by atoms with Gasteiger partial charge in [0.1, 0.15) is 38.0 Å². The second kappa shape index (κ2) is 24.4. The Hall–Kier alpha value is -5.70. The van der Waals surface area contributed by atoms with Gasteiger partial charge in [-0.3, -0.25) is 20.1 Å². The van der Waals surface area contributed by atoms with Gasteiger partial charge in [0.2, 0.25) is 23.5 Å². The lowest BCUT2D eigenvalue weighted by Gasteiger charge is -2.30. The van der Waals surface area contributed by atoms with Crippen LogP contribution in [0.15, 0.2) is 94.4 Å². The van der Waals surface area contributed by atoms with Crippen molar-refractivity contribution in [3.8, 4) is 40.7 Å². The van der Waals surface area contributed by atoms with Crippen molar-refractivity contribution in [3.05, 3.63) is 143 Å². The summed E-state index contributed by atoms with van der Waals surface area (Å²) in [7, 11) is 1.78. The molecule has 6 aromatic rings. The number of hydrogen-bond acceptors (Lipinski definition) is 17. The van der Waals surface area contributed by atoms with E-state index in [1.54, 1.807) is 56.0 Å². The fourth-order valence-electron chi connectivity index (χ4n) is 6.43. The molecule has 0 saturated heterocycles. The number of nitrogens with one attached hydrogen (secondary N) is 3. The molecule has 6 rings (SSSR count). The maximum absolute atomic E-state index is 11.9. The second-order valence-electron chi connectivity index (χ2n) is 16.2. The number of hydrogen-bond donors (Lipinski definition) is 8. The Bertz CT molecular complexity index is 2860. The number of carboxylic acids is 1. The van der Waals surface area contributed by atoms with Crippen molar-refractivity contribution < 1.29 is 49.3 Å². The maximum Gasteiger partial charge on any atom is 0.326 e. The summed E-state index contributed by atoms with van der Waals surface area (Å²) in [6, 6.07) is 19.8.